The number of nitrogens with zero attached hydrogens (tertiary/aromatic N) is 3. The summed E-state index contributed by atoms with van der Waals surface area (Å²) in [5, 5.41) is 7.64. The van der Waals surface area contributed by atoms with Crippen LogP contribution in [0.3, 0.4) is 0 Å². The van der Waals surface area contributed by atoms with E-state index in [2.05, 4.69) is 10.2 Å². The van der Waals surface area contributed by atoms with Crippen molar-refractivity contribution in [1.29, 1.82) is 0 Å². The van der Waals surface area contributed by atoms with E-state index in [-0.39, 0.29) is 11.7 Å². The standard InChI is InChI=1S/C14H13N3O2S2/c18-12(8-20-14-16-15-9-21-14)10-3-1-4-11(7-10)17-6-2-5-13(17)19/h1,3-4,7,9H,2,5-6,8H2. The van der Waals surface area contributed by atoms with Crippen molar-refractivity contribution in [3.63, 3.8) is 0 Å². The fourth-order valence-corrected chi connectivity index (χ4v) is 3.59. The Morgan fingerprint density at radius 3 is 3.05 bits per heavy atom. The first kappa shape index (κ1) is 14.2. The van der Waals surface area contributed by atoms with Gasteiger partial charge in [-0.15, -0.1) is 10.2 Å². The lowest BCUT2D eigenvalue weighted by Crippen LogP contribution is -2.23. The molecule has 5 nitrogen and oxygen atoms in total. The number of hydrogen-bond acceptors (Lipinski definition) is 6. The van der Waals surface area contributed by atoms with E-state index in [1.165, 1.54) is 23.1 Å². The van der Waals surface area contributed by atoms with E-state index in [4.69, 9.17) is 0 Å². The molecule has 1 aliphatic rings. The summed E-state index contributed by atoms with van der Waals surface area (Å²) >= 11 is 2.80. The maximum Gasteiger partial charge on any atom is 0.227 e. The number of carbonyl (C=O) groups excluding carboxylic acids is 2. The van der Waals surface area contributed by atoms with Crippen molar-refractivity contribution in [2.24, 2.45) is 0 Å². The quantitative estimate of drug-likeness (QED) is 0.626. The molecule has 3 rings (SSSR count). The van der Waals surface area contributed by atoms with Gasteiger partial charge in [-0.25, -0.2) is 0 Å². The zero-order valence-corrected chi connectivity index (χ0v) is 12.8. The number of aromatic nitrogens is 2. The summed E-state index contributed by atoms with van der Waals surface area (Å²) in [6.07, 6.45) is 1.47. The van der Waals surface area contributed by atoms with Crippen LogP contribution in [0.5, 0.6) is 0 Å². The first-order valence-electron chi connectivity index (χ1n) is 6.56. The fourth-order valence-electron chi connectivity index (χ4n) is 2.20. The van der Waals surface area contributed by atoms with Crippen molar-refractivity contribution in [2.75, 3.05) is 17.2 Å². The molecule has 1 saturated heterocycles. The predicted octanol–water partition coefficient (Wildman–Crippen LogP) is 2.64. The molecule has 1 aliphatic heterocycles. The van der Waals surface area contributed by atoms with Gasteiger partial charge in [0.05, 0.1) is 5.75 Å². The number of rotatable bonds is 5. The van der Waals surface area contributed by atoms with Gasteiger partial charge in [-0.3, -0.25) is 9.59 Å². The Bertz CT molecular complexity index is 658. The molecule has 2 aromatic rings. The molecule has 108 valence electrons. The lowest BCUT2D eigenvalue weighted by molar-refractivity contribution is -0.117. The van der Waals surface area contributed by atoms with Gasteiger partial charge >= 0.3 is 0 Å². The summed E-state index contributed by atoms with van der Waals surface area (Å²) in [4.78, 5) is 25.7. The maximum atomic E-state index is 12.2. The van der Waals surface area contributed by atoms with Crippen LogP contribution >= 0.6 is 23.1 Å². The minimum absolute atomic E-state index is 0.0312. The minimum atomic E-state index is 0.0312. The van der Waals surface area contributed by atoms with Gasteiger partial charge in [0.15, 0.2) is 10.1 Å². The van der Waals surface area contributed by atoms with Gasteiger partial charge in [0.25, 0.3) is 0 Å². The molecule has 0 unspecified atom stereocenters. The first-order chi connectivity index (χ1) is 10.2. The monoisotopic (exact) mass is 319 g/mol. The van der Waals surface area contributed by atoms with Gasteiger partial charge in [-0.05, 0) is 18.6 Å². The number of amides is 1. The van der Waals surface area contributed by atoms with Crippen LogP contribution in [0.2, 0.25) is 0 Å². The van der Waals surface area contributed by atoms with E-state index < -0.39 is 0 Å². The van der Waals surface area contributed by atoms with E-state index in [1.807, 2.05) is 12.1 Å². The lowest BCUT2D eigenvalue weighted by Gasteiger charge is -2.16. The SMILES string of the molecule is O=C(CSc1nncs1)c1cccc(N2CCCC2=O)c1. The van der Waals surface area contributed by atoms with Gasteiger partial charge in [0, 0.05) is 24.2 Å². The topological polar surface area (TPSA) is 63.2 Å². The molecular formula is C14H13N3O2S2. The average molecular weight is 319 g/mol. The number of anilines is 1. The molecule has 1 fully saturated rings. The van der Waals surface area contributed by atoms with Crippen LogP contribution in [0.4, 0.5) is 5.69 Å². The van der Waals surface area contributed by atoms with Gasteiger partial charge < -0.3 is 4.90 Å². The van der Waals surface area contributed by atoms with Crippen molar-refractivity contribution in [2.45, 2.75) is 17.2 Å². The Hall–Kier alpha value is -1.73. The highest BCUT2D eigenvalue weighted by atomic mass is 32.2. The summed E-state index contributed by atoms with van der Waals surface area (Å²) in [5.41, 5.74) is 3.08. The molecule has 0 spiro atoms. The Labute approximate surface area is 130 Å². The van der Waals surface area contributed by atoms with Gasteiger partial charge in [-0.1, -0.05) is 35.2 Å². The first-order valence-corrected chi connectivity index (χ1v) is 8.43. The Morgan fingerprint density at radius 1 is 1.43 bits per heavy atom. The van der Waals surface area contributed by atoms with E-state index in [1.54, 1.807) is 22.5 Å². The third kappa shape index (κ3) is 3.30. The molecule has 0 saturated carbocycles. The second-order valence-corrected chi connectivity index (χ2v) is 6.67. The van der Waals surface area contributed by atoms with E-state index >= 15 is 0 Å². The number of thioether (sulfide) groups is 1. The molecule has 21 heavy (non-hydrogen) atoms. The molecular weight excluding hydrogens is 306 g/mol. The number of ketones is 1. The second kappa shape index (κ2) is 6.36. The van der Waals surface area contributed by atoms with Crippen molar-refractivity contribution in [3.8, 4) is 0 Å². The van der Waals surface area contributed by atoms with Crippen LogP contribution in [-0.4, -0.2) is 34.2 Å². The molecule has 2 heterocycles. The lowest BCUT2D eigenvalue weighted by atomic mass is 10.1. The molecule has 0 atom stereocenters. The van der Waals surface area contributed by atoms with E-state index in [0.717, 1.165) is 23.0 Å². The Morgan fingerprint density at radius 2 is 2.33 bits per heavy atom. The Kier molecular flexibility index (Phi) is 4.31. The van der Waals surface area contributed by atoms with Crippen LogP contribution < -0.4 is 4.90 Å². The van der Waals surface area contributed by atoms with E-state index in [9.17, 15) is 9.59 Å². The van der Waals surface area contributed by atoms with Crippen LogP contribution in [0.15, 0.2) is 34.1 Å². The average Bonchev–Trinajstić information content (AvgIpc) is 3.16. The van der Waals surface area contributed by atoms with Gasteiger partial charge in [-0.2, -0.15) is 0 Å². The van der Waals surface area contributed by atoms with Crippen LogP contribution in [0.25, 0.3) is 0 Å². The van der Waals surface area contributed by atoms with Crippen LogP contribution in [-0.2, 0) is 4.79 Å². The smallest absolute Gasteiger partial charge is 0.227 e. The number of Topliss-reactive ketones (excluding diaryl/α,β-unsaturated/α-hetero) is 1. The number of benzene rings is 1. The highest BCUT2D eigenvalue weighted by molar-refractivity contribution is 8.01. The van der Waals surface area contributed by atoms with Crippen molar-refractivity contribution >= 4 is 40.5 Å². The molecule has 1 aromatic carbocycles. The van der Waals surface area contributed by atoms with Gasteiger partial charge in [0.1, 0.15) is 5.51 Å². The zero-order chi connectivity index (χ0) is 14.7. The van der Waals surface area contributed by atoms with E-state index in [0.29, 0.717) is 17.7 Å². The molecule has 0 bridgehead atoms. The summed E-state index contributed by atoms with van der Waals surface area (Å²) in [5.74, 6) is 0.485. The summed E-state index contributed by atoms with van der Waals surface area (Å²) < 4.78 is 0.786. The highest BCUT2D eigenvalue weighted by Gasteiger charge is 2.22. The molecule has 1 aromatic heterocycles. The maximum absolute atomic E-state index is 12.2. The van der Waals surface area contributed by atoms with Crippen molar-refractivity contribution in [3.05, 3.63) is 35.3 Å². The largest absolute Gasteiger partial charge is 0.312 e. The number of hydrogen-bond donors (Lipinski definition) is 0. The zero-order valence-electron chi connectivity index (χ0n) is 11.2. The molecule has 7 heteroatoms. The highest BCUT2D eigenvalue weighted by Crippen LogP contribution is 2.24. The number of carbonyl (C=O) groups is 2. The van der Waals surface area contributed by atoms with Crippen LogP contribution in [0, 0.1) is 0 Å². The van der Waals surface area contributed by atoms with Gasteiger partial charge in [0.2, 0.25) is 5.91 Å². The normalized spacial score (nSPS) is 14.7. The molecule has 0 radical (unpaired) electrons. The van der Waals surface area contributed by atoms with Crippen molar-refractivity contribution in [1.82, 2.24) is 10.2 Å². The third-order valence-corrected chi connectivity index (χ3v) is 5.08. The fraction of sp³-hybridized carbons (Fsp3) is 0.286. The summed E-state index contributed by atoms with van der Waals surface area (Å²) in [6.45, 7) is 0.732. The molecule has 0 aliphatic carbocycles. The summed E-state index contributed by atoms with van der Waals surface area (Å²) in [7, 11) is 0. The minimum Gasteiger partial charge on any atom is -0.312 e. The van der Waals surface area contributed by atoms with Crippen LogP contribution in [0.1, 0.15) is 23.2 Å². The molecule has 0 N–H and O–H groups in total. The Balaban J connectivity index is 1.70. The van der Waals surface area contributed by atoms with Crippen molar-refractivity contribution < 1.29 is 9.59 Å². The second-order valence-electron chi connectivity index (χ2n) is 4.62. The summed E-state index contributed by atoms with van der Waals surface area (Å²) in [6, 6.07) is 7.28. The molecule has 1 amide bonds. The third-order valence-electron chi connectivity index (χ3n) is 3.22. The predicted molar refractivity (Wildman–Crippen MR) is 83.0 cm³/mol.